The SMILES string of the molecule is CC[Si](CC)(CC)O[C@@H]1C=CO[C@H](CO)[C@H]1OC(C)=O. The van der Waals surface area contributed by atoms with Crippen LogP contribution >= 0.6 is 0 Å². The standard InChI is InChI=1S/C14H26O5Si/c1-5-20(6-2,7-3)19-12-8-9-17-13(10-15)14(12)18-11(4)16/h8-9,12-15H,5-7,10H2,1-4H3/t12-,13-,14+/m1/s1. The molecule has 1 aliphatic rings. The van der Waals surface area contributed by atoms with Crippen molar-refractivity contribution in [3.05, 3.63) is 12.3 Å². The zero-order chi connectivity index (χ0) is 15.2. The summed E-state index contributed by atoms with van der Waals surface area (Å²) in [6.45, 7) is 7.58. The van der Waals surface area contributed by atoms with Gasteiger partial charge in [0.15, 0.2) is 20.5 Å². The molecule has 5 nitrogen and oxygen atoms in total. The smallest absolute Gasteiger partial charge is 0.303 e. The van der Waals surface area contributed by atoms with Crippen molar-refractivity contribution < 1.29 is 23.8 Å². The highest BCUT2D eigenvalue weighted by Crippen LogP contribution is 2.28. The zero-order valence-electron chi connectivity index (χ0n) is 12.8. The van der Waals surface area contributed by atoms with Gasteiger partial charge >= 0.3 is 5.97 Å². The molecule has 0 saturated heterocycles. The largest absolute Gasteiger partial charge is 0.492 e. The van der Waals surface area contributed by atoms with Crippen LogP contribution in [-0.2, 0) is 18.7 Å². The summed E-state index contributed by atoms with van der Waals surface area (Å²) in [7, 11) is -1.82. The van der Waals surface area contributed by atoms with Gasteiger partial charge in [-0.25, -0.2) is 0 Å². The van der Waals surface area contributed by atoms with Gasteiger partial charge in [-0.3, -0.25) is 4.79 Å². The summed E-state index contributed by atoms with van der Waals surface area (Å²) in [4.78, 5) is 11.3. The lowest BCUT2D eigenvalue weighted by Crippen LogP contribution is -2.51. The molecule has 0 saturated carbocycles. The van der Waals surface area contributed by atoms with Gasteiger partial charge in [0, 0.05) is 6.92 Å². The van der Waals surface area contributed by atoms with E-state index in [0.717, 1.165) is 18.1 Å². The molecule has 6 heteroatoms. The Morgan fingerprint density at radius 1 is 1.30 bits per heavy atom. The molecule has 0 spiro atoms. The summed E-state index contributed by atoms with van der Waals surface area (Å²) in [5.74, 6) is -0.391. The topological polar surface area (TPSA) is 65.0 Å². The molecule has 0 aromatic carbocycles. The van der Waals surface area contributed by atoms with Gasteiger partial charge < -0.3 is 19.0 Å². The van der Waals surface area contributed by atoms with Crippen LogP contribution in [0, 0.1) is 0 Å². The molecule has 0 aromatic rings. The second kappa shape index (κ2) is 7.80. The molecule has 0 aromatic heterocycles. The summed E-state index contributed by atoms with van der Waals surface area (Å²) < 4.78 is 17.0. The number of rotatable bonds is 7. The van der Waals surface area contributed by atoms with Crippen LogP contribution in [-0.4, -0.2) is 44.3 Å². The Labute approximate surface area is 122 Å². The summed E-state index contributed by atoms with van der Waals surface area (Å²) >= 11 is 0. The molecular formula is C14H26O5Si. The van der Waals surface area contributed by atoms with Crippen molar-refractivity contribution in [2.45, 2.75) is 64.1 Å². The molecule has 0 radical (unpaired) electrons. The molecule has 1 heterocycles. The second-order valence-electron chi connectivity index (χ2n) is 5.09. The first-order chi connectivity index (χ1) is 9.51. The fourth-order valence-electron chi connectivity index (χ4n) is 2.50. The average Bonchev–Trinajstić information content (AvgIpc) is 2.46. The molecule has 116 valence electrons. The Balaban J connectivity index is 2.90. The van der Waals surface area contributed by atoms with Crippen molar-refractivity contribution >= 4 is 14.3 Å². The minimum Gasteiger partial charge on any atom is -0.492 e. The Hall–Kier alpha value is -0.853. The van der Waals surface area contributed by atoms with Crippen molar-refractivity contribution in [3.8, 4) is 0 Å². The van der Waals surface area contributed by atoms with E-state index in [-0.39, 0.29) is 12.7 Å². The number of hydrogen-bond acceptors (Lipinski definition) is 5. The van der Waals surface area contributed by atoms with E-state index in [4.69, 9.17) is 13.9 Å². The molecule has 1 rings (SSSR count). The molecule has 0 aliphatic carbocycles. The first-order valence-corrected chi connectivity index (χ1v) is 9.82. The Kier molecular flexibility index (Phi) is 6.71. The van der Waals surface area contributed by atoms with Crippen molar-refractivity contribution in [2.24, 2.45) is 0 Å². The van der Waals surface area contributed by atoms with E-state index in [1.165, 1.54) is 13.2 Å². The minimum absolute atomic E-state index is 0.207. The lowest BCUT2D eigenvalue weighted by atomic mass is 10.1. The molecule has 0 unspecified atom stereocenters. The first kappa shape index (κ1) is 17.2. The monoisotopic (exact) mass is 302 g/mol. The van der Waals surface area contributed by atoms with Crippen molar-refractivity contribution in [3.63, 3.8) is 0 Å². The quantitative estimate of drug-likeness (QED) is 0.577. The van der Waals surface area contributed by atoms with Crippen LogP contribution in [0.3, 0.4) is 0 Å². The van der Waals surface area contributed by atoms with E-state index in [1.807, 2.05) is 0 Å². The van der Waals surface area contributed by atoms with Gasteiger partial charge in [0.2, 0.25) is 0 Å². The third kappa shape index (κ3) is 4.07. The van der Waals surface area contributed by atoms with Gasteiger partial charge in [-0.15, -0.1) is 0 Å². The molecule has 1 aliphatic heterocycles. The predicted molar refractivity (Wildman–Crippen MR) is 78.7 cm³/mol. The predicted octanol–water partition coefficient (Wildman–Crippen LogP) is 2.21. The van der Waals surface area contributed by atoms with Gasteiger partial charge in [-0.1, -0.05) is 20.8 Å². The molecule has 0 amide bonds. The van der Waals surface area contributed by atoms with Crippen molar-refractivity contribution in [1.82, 2.24) is 0 Å². The second-order valence-corrected chi connectivity index (χ2v) is 9.81. The molecule has 0 bridgehead atoms. The highest BCUT2D eigenvalue weighted by molar-refractivity contribution is 6.73. The van der Waals surface area contributed by atoms with Crippen molar-refractivity contribution in [1.29, 1.82) is 0 Å². The number of carbonyl (C=O) groups is 1. The Morgan fingerprint density at radius 3 is 2.35 bits per heavy atom. The fourth-order valence-corrected chi connectivity index (χ4v) is 5.29. The molecular weight excluding hydrogens is 276 g/mol. The third-order valence-electron chi connectivity index (χ3n) is 4.01. The Morgan fingerprint density at radius 2 is 1.90 bits per heavy atom. The fraction of sp³-hybridized carbons (Fsp3) is 0.786. The summed E-state index contributed by atoms with van der Waals surface area (Å²) in [6.07, 6.45) is 1.83. The van der Waals surface area contributed by atoms with Crippen LogP contribution in [0.2, 0.25) is 18.1 Å². The molecule has 0 fully saturated rings. The molecule has 1 N–H and O–H groups in total. The van der Waals surface area contributed by atoms with Crippen LogP contribution in [0.5, 0.6) is 0 Å². The van der Waals surface area contributed by atoms with Gasteiger partial charge in [0.05, 0.1) is 12.9 Å². The Bertz CT molecular complexity index is 332. The van der Waals surface area contributed by atoms with Gasteiger partial charge in [-0.2, -0.15) is 0 Å². The minimum atomic E-state index is -1.82. The van der Waals surface area contributed by atoms with E-state index in [2.05, 4.69) is 20.8 Å². The van der Waals surface area contributed by atoms with E-state index in [0.29, 0.717) is 0 Å². The van der Waals surface area contributed by atoms with E-state index in [9.17, 15) is 9.90 Å². The van der Waals surface area contributed by atoms with Gasteiger partial charge in [-0.05, 0) is 24.2 Å². The van der Waals surface area contributed by atoms with E-state index in [1.54, 1.807) is 6.08 Å². The maximum Gasteiger partial charge on any atom is 0.303 e. The lowest BCUT2D eigenvalue weighted by molar-refractivity contribution is -0.163. The summed E-state index contributed by atoms with van der Waals surface area (Å²) in [5, 5.41) is 9.37. The van der Waals surface area contributed by atoms with Crippen LogP contribution < -0.4 is 0 Å². The lowest BCUT2D eigenvalue weighted by Gasteiger charge is -2.39. The van der Waals surface area contributed by atoms with Gasteiger partial charge in [0.25, 0.3) is 0 Å². The average molecular weight is 302 g/mol. The normalized spacial score (nSPS) is 26.1. The molecule has 3 atom stereocenters. The number of esters is 1. The van der Waals surface area contributed by atoms with E-state index >= 15 is 0 Å². The number of carbonyl (C=O) groups excluding carboxylic acids is 1. The summed E-state index contributed by atoms with van der Waals surface area (Å²) in [6, 6.07) is 3.05. The van der Waals surface area contributed by atoms with Crippen molar-refractivity contribution in [2.75, 3.05) is 6.61 Å². The number of aliphatic hydroxyl groups excluding tert-OH is 1. The number of hydrogen-bond donors (Lipinski definition) is 1. The molecule has 20 heavy (non-hydrogen) atoms. The first-order valence-electron chi connectivity index (χ1n) is 7.29. The third-order valence-corrected chi connectivity index (χ3v) is 8.65. The van der Waals surface area contributed by atoms with Gasteiger partial charge in [0.1, 0.15) is 6.10 Å². The van der Waals surface area contributed by atoms with E-state index < -0.39 is 26.5 Å². The number of ether oxygens (including phenoxy) is 2. The summed E-state index contributed by atoms with van der Waals surface area (Å²) in [5.41, 5.74) is 0. The zero-order valence-corrected chi connectivity index (χ0v) is 13.8. The maximum absolute atomic E-state index is 11.3. The van der Waals surface area contributed by atoms with Crippen LogP contribution in [0.25, 0.3) is 0 Å². The van der Waals surface area contributed by atoms with Crippen LogP contribution in [0.1, 0.15) is 27.7 Å². The van der Waals surface area contributed by atoms with Crippen LogP contribution in [0.4, 0.5) is 0 Å². The highest BCUT2D eigenvalue weighted by Gasteiger charge is 2.40. The number of aliphatic hydroxyl groups is 1. The maximum atomic E-state index is 11.3. The highest BCUT2D eigenvalue weighted by atomic mass is 28.4. The van der Waals surface area contributed by atoms with Crippen LogP contribution in [0.15, 0.2) is 12.3 Å².